The summed E-state index contributed by atoms with van der Waals surface area (Å²) in [4.78, 5) is 35.4. The summed E-state index contributed by atoms with van der Waals surface area (Å²) >= 11 is 0. The number of rotatable bonds is 3. The minimum Gasteiger partial charge on any atom is -0.475 e. The number of amides is 3. The summed E-state index contributed by atoms with van der Waals surface area (Å²) in [5.41, 5.74) is -0.687. The molecular formula is C11H12N2O5. The molecular weight excluding hydrogens is 240 g/mol. The summed E-state index contributed by atoms with van der Waals surface area (Å²) in [7, 11) is 0. The Morgan fingerprint density at radius 3 is 2.67 bits per heavy atom. The van der Waals surface area contributed by atoms with Crippen LogP contribution in [0.4, 0.5) is 4.79 Å². The molecule has 2 heterocycles. The van der Waals surface area contributed by atoms with E-state index >= 15 is 0 Å². The van der Waals surface area contributed by atoms with E-state index in [2.05, 4.69) is 5.32 Å². The van der Waals surface area contributed by atoms with Gasteiger partial charge in [-0.1, -0.05) is 0 Å². The Morgan fingerprint density at radius 2 is 2.17 bits per heavy atom. The number of carbonyl (C=O) groups is 3. The standard InChI is InChI=1S/C11H12N2O5/c1-11(2)9(16)13(10(17)12-11)5-6-3-4-18-7(6)8(14)15/h3-4H,5H2,1-2H3,(H,12,17)(H,14,15). The van der Waals surface area contributed by atoms with Gasteiger partial charge >= 0.3 is 12.0 Å². The first-order valence-corrected chi connectivity index (χ1v) is 5.26. The number of furan rings is 1. The van der Waals surface area contributed by atoms with Crippen molar-refractivity contribution in [3.63, 3.8) is 0 Å². The van der Waals surface area contributed by atoms with Crippen LogP contribution in [0.3, 0.4) is 0 Å². The molecule has 96 valence electrons. The van der Waals surface area contributed by atoms with Gasteiger partial charge in [0.25, 0.3) is 5.91 Å². The lowest BCUT2D eigenvalue weighted by atomic mass is 10.1. The molecule has 1 aromatic heterocycles. The van der Waals surface area contributed by atoms with Crippen LogP contribution in [0.25, 0.3) is 0 Å². The van der Waals surface area contributed by atoms with Gasteiger partial charge in [0.05, 0.1) is 12.8 Å². The molecule has 18 heavy (non-hydrogen) atoms. The molecule has 2 N–H and O–H groups in total. The highest BCUT2D eigenvalue weighted by Crippen LogP contribution is 2.21. The summed E-state index contributed by atoms with van der Waals surface area (Å²) < 4.78 is 4.79. The molecule has 7 nitrogen and oxygen atoms in total. The molecule has 0 atom stereocenters. The Labute approximate surface area is 102 Å². The highest BCUT2D eigenvalue weighted by molar-refractivity contribution is 6.06. The van der Waals surface area contributed by atoms with Crippen LogP contribution in [0.5, 0.6) is 0 Å². The fourth-order valence-corrected chi connectivity index (χ4v) is 1.78. The molecule has 3 amide bonds. The SMILES string of the molecule is CC1(C)NC(=O)N(Cc2ccoc2C(=O)O)C1=O. The van der Waals surface area contributed by atoms with E-state index in [1.54, 1.807) is 13.8 Å². The van der Waals surface area contributed by atoms with Gasteiger partial charge in [0, 0.05) is 5.56 Å². The number of carboxylic acids is 1. The van der Waals surface area contributed by atoms with Crippen LogP contribution in [-0.4, -0.2) is 33.5 Å². The van der Waals surface area contributed by atoms with Crippen molar-refractivity contribution >= 4 is 17.9 Å². The van der Waals surface area contributed by atoms with Gasteiger partial charge < -0.3 is 14.8 Å². The Kier molecular flexibility index (Phi) is 2.61. The Hall–Kier alpha value is -2.31. The van der Waals surface area contributed by atoms with Crippen molar-refractivity contribution in [3.8, 4) is 0 Å². The molecule has 0 bridgehead atoms. The minimum absolute atomic E-state index is 0.119. The third-order valence-electron chi connectivity index (χ3n) is 2.71. The Bertz CT molecular complexity index is 531. The number of imide groups is 1. The second-order valence-corrected chi connectivity index (χ2v) is 4.53. The first-order chi connectivity index (χ1) is 8.33. The van der Waals surface area contributed by atoms with Gasteiger partial charge in [-0.15, -0.1) is 0 Å². The zero-order valence-electron chi connectivity index (χ0n) is 9.89. The van der Waals surface area contributed by atoms with Crippen molar-refractivity contribution in [2.75, 3.05) is 0 Å². The topological polar surface area (TPSA) is 99.8 Å². The van der Waals surface area contributed by atoms with Gasteiger partial charge in [0.15, 0.2) is 0 Å². The molecule has 1 aliphatic rings. The van der Waals surface area contributed by atoms with Gasteiger partial charge in [-0.05, 0) is 19.9 Å². The molecule has 1 aliphatic heterocycles. The third-order valence-corrected chi connectivity index (χ3v) is 2.71. The lowest BCUT2D eigenvalue weighted by Gasteiger charge is -2.15. The maximum Gasteiger partial charge on any atom is 0.372 e. The molecule has 0 saturated carbocycles. The average Bonchev–Trinajstić information content (AvgIpc) is 2.78. The number of carbonyl (C=O) groups excluding carboxylic acids is 2. The van der Waals surface area contributed by atoms with E-state index in [0.717, 1.165) is 4.90 Å². The maximum absolute atomic E-state index is 11.9. The summed E-state index contributed by atoms with van der Waals surface area (Å²) in [6.07, 6.45) is 1.21. The Morgan fingerprint density at radius 1 is 1.50 bits per heavy atom. The van der Waals surface area contributed by atoms with Gasteiger partial charge in [-0.25, -0.2) is 9.59 Å². The van der Waals surface area contributed by atoms with Crippen LogP contribution in [0, 0.1) is 0 Å². The molecule has 7 heteroatoms. The van der Waals surface area contributed by atoms with E-state index in [1.165, 1.54) is 12.3 Å². The summed E-state index contributed by atoms with van der Waals surface area (Å²) in [6.45, 7) is 3.05. The van der Waals surface area contributed by atoms with Gasteiger partial charge in [0.1, 0.15) is 5.54 Å². The molecule has 0 aliphatic carbocycles. The van der Waals surface area contributed by atoms with Crippen molar-refractivity contribution in [3.05, 3.63) is 23.7 Å². The van der Waals surface area contributed by atoms with Gasteiger partial charge in [-0.2, -0.15) is 0 Å². The van der Waals surface area contributed by atoms with Gasteiger partial charge in [-0.3, -0.25) is 9.69 Å². The predicted molar refractivity (Wildman–Crippen MR) is 58.8 cm³/mol. The minimum atomic E-state index is -1.23. The third kappa shape index (κ3) is 1.83. The molecule has 0 unspecified atom stereocenters. The van der Waals surface area contributed by atoms with Crippen LogP contribution < -0.4 is 5.32 Å². The van der Waals surface area contributed by atoms with Crippen LogP contribution in [0.15, 0.2) is 16.7 Å². The van der Waals surface area contributed by atoms with Crippen LogP contribution in [-0.2, 0) is 11.3 Å². The number of nitrogens with one attached hydrogen (secondary N) is 1. The van der Waals surface area contributed by atoms with E-state index in [1.807, 2.05) is 0 Å². The molecule has 1 fully saturated rings. The molecule has 0 radical (unpaired) electrons. The van der Waals surface area contributed by atoms with Crippen LogP contribution >= 0.6 is 0 Å². The van der Waals surface area contributed by atoms with Gasteiger partial charge in [0.2, 0.25) is 5.76 Å². The first kappa shape index (κ1) is 12.2. The number of urea groups is 1. The number of nitrogens with zero attached hydrogens (tertiary/aromatic N) is 1. The summed E-state index contributed by atoms with van der Waals surface area (Å²) in [5, 5.41) is 11.4. The molecule has 1 aromatic rings. The van der Waals surface area contributed by atoms with E-state index in [-0.39, 0.29) is 17.9 Å². The molecule has 1 saturated heterocycles. The second-order valence-electron chi connectivity index (χ2n) is 4.53. The first-order valence-electron chi connectivity index (χ1n) is 5.26. The normalized spacial score (nSPS) is 18.0. The second kappa shape index (κ2) is 3.86. The lowest BCUT2D eigenvalue weighted by molar-refractivity contribution is -0.130. The van der Waals surface area contributed by atoms with E-state index in [4.69, 9.17) is 9.52 Å². The highest BCUT2D eigenvalue weighted by Gasteiger charge is 2.44. The zero-order chi connectivity index (χ0) is 13.5. The van der Waals surface area contributed by atoms with Crippen molar-refractivity contribution in [2.24, 2.45) is 0 Å². The Balaban J connectivity index is 2.25. The molecule has 2 rings (SSSR count). The number of carboxylic acid groups (broad SMARTS) is 1. The number of hydrogen-bond donors (Lipinski definition) is 2. The van der Waals surface area contributed by atoms with E-state index < -0.39 is 23.4 Å². The number of aromatic carboxylic acids is 1. The van der Waals surface area contributed by atoms with E-state index in [9.17, 15) is 14.4 Å². The zero-order valence-corrected chi connectivity index (χ0v) is 9.89. The number of hydrogen-bond acceptors (Lipinski definition) is 4. The molecule has 0 aromatic carbocycles. The smallest absolute Gasteiger partial charge is 0.372 e. The fraction of sp³-hybridized carbons (Fsp3) is 0.364. The van der Waals surface area contributed by atoms with Crippen molar-refractivity contribution < 1.29 is 23.9 Å². The predicted octanol–water partition coefficient (Wildman–Crippen LogP) is 0.808. The fourth-order valence-electron chi connectivity index (χ4n) is 1.78. The van der Waals surface area contributed by atoms with Crippen LogP contribution in [0.1, 0.15) is 30.0 Å². The molecule has 0 spiro atoms. The summed E-state index contributed by atoms with van der Waals surface area (Å²) in [5.74, 6) is -1.90. The highest BCUT2D eigenvalue weighted by atomic mass is 16.4. The van der Waals surface area contributed by atoms with Crippen LogP contribution in [0.2, 0.25) is 0 Å². The largest absolute Gasteiger partial charge is 0.475 e. The average molecular weight is 252 g/mol. The van der Waals surface area contributed by atoms with E-state index in [0.29, 0.717) is 0 Å². The maximum atomic E-state index is 11.9. The van der Waals surface area contributed by atoms with Crippen molar-refractivity contribution in [1.82, 2.24) is 10.2 Å². The van der Waals surface area contributed by atoms with Crippen molar-refractivity contribution in [1.29, 1.82) is 0 Å². The summed E-state index contributed by atoms with van der Waals surface area (Å²) in [6, 6.07) is 0.887. The lowest BCUT2D eigenvalue weighted by Crippen LogP contribution is -2.40. The van der Waals surface area contributed by atoms with Crippen molar-refractivity contribution in [2.45, 2.75) is 25.9 Å². The monoisotopic (exact) mass is 252 g/mol. The quantitative estimate of drug-likeness (QED) is 0.775.